The lowest BCUT2D eigenvalue weighted by molar-refractivity contribution is -0.384. The average Bonchev–Trinajstić information content (AvgIpc) is 2.52. The van der Waals surface area contributed by atoms with Crippen LogP contribution in [0.25, 0.3) is 0 Å². The van der Waals surface area contributed by atoms with E-state index in [0.717, 1.165) is 0 Å². The quantitative estimate of drug-likeness (QED) is 0.453. The van der Waals surface area contributed by atoms with E-state index in [1.165, 1.54) is 24.3 Å². The molecular weight excluding hydrogens is 318 g/mol. The monoisotopic (exact) mass is 337 g/mol. The molecule has 0 bridgehead atoms. The van der Waals surface area contributed by atoms with Gasteiger partial charge in [0.25, 0.3) is 11.6 Å². The fourth-order valence-corrected chi connectivity index (χ4v) is 1.87. The van der Waals surface area contributed by atoms with Gasteiger partial charge in [0.15, 0.2) is 0 Å². The van der Waals surface area contributed by atoms with E-state index in [9.17, 15) is 24.5 Å². The largest absolute Gasteiger partial charge is 0.481 e. The third kappa shape index (κ3) is 6.86. The van der Waals surface area contributed by atoms with Crippen molar-refractivity contribution in [3.63, 3.8) is 0 Å². The lowest BCUT2D eigenvalue weighted by Gasteiger charge is -2.10. The molecule has 0 aromatic heterocycles. The smallest absolute Gasteiger partial charge is 0.303 e. The van der Waals surface area contributed by atoms with Crippen molar-refractivity contribution >= 4 is 23.5 Å². The van der Waals surface area contributed by atoms with Crippen LogP contribution < -0.4 is 10.6 Å². The highest BCUT2D eigenvalue weighted by molar-refractivity contribution is 5.94. The van der Waals surface area contributed by atoms with Crippen molar-refractivity contribution in [2.75, 3.05) is 13.1 Å². The molecule has 1 unspecified atom stereocenters. The van der Waals surface area contributed by atoms with Gasteiger partial charge < -0.3 is 15.7 Å². The Morgan fingerprint density at radius 2 is 1.83 bits per heavy atom. The number of rotatable bonds is 9. The second-order valence-corrected chi connectivity index (χ2v) is 5.32. The number of nitrogens with one attached hydrogen (secondary N) is 2. The molecule has 1 atom stereocenters. The van der Waals surface area contributed by atoms with Crippen LogP contribution in [0.3, 0.4) is 0 Å². The molecule has 0 aliphatic carbocycles. The van der Waals surface area contributed by atoms with E-state index in [1.54, 1.807) is 6.92 Å². The lowest BCUT2D eigenvalue weighted by atomic mass is 10.1. The summed E-state index contributed by atoms with van der Waals surface area (Å²) >= 11 is 0. The van der Waals surface area contributed by atoms with Gasteiger partial charge in [0, 0.05) is 43.6 Å². The summed E-state index contributed by atoms with van der Waals surface area (Å²) in [5.41, 5.74) is 0.150. The van der Waals surface area contributed by atoms with Crippen LogP contribution in [0.4, 0.5) is 5.69 Å². The maximum atomic E-state index is 11.8. The van der Waals surface area contributed by atoms with Gasteiger partial charge in [0.05, 0.1) is 4.92 Å². The molecule has 0 heterocycles. The van der Waals surface area contributed by atoms with E-state index in [4.69, 9.17) is 5.11 Å². The number of carbonyl (C=O) groups excluding carboxylic acids is 2. The molecule has 0 aliphatic heterocycles. The van der Waals surface area contributed by atoms with Crippen LogP contribution in [0.2, 0.25) is 0 Å². The fraction of sp³-hybridized carbons (Fsp3) is 0.400. The molecule has 2 amide bonds. The molecule has 0 radical (unpaired) electrons. The lowest BCUT2D eigenvalue weighted by Crippen LogP contribution is -2.33. The van der Waals surface area contributed by atoms with Gasteiger partial charge in [-0.15, -0.1) is 0 Å². The van der Waals surface area contributed by atoms with Crippen molar-refractivity contribution in [1.82, 2.24) is 10.6 Å². The van der Waals surface area contributed by atoms with Crippen LogP contribution in [-0.2, 0) is 9.59 Å². The molecule has 0 aliphatic rings. The fourth-order valence-electron chi connectivity index (χ4n) is 1.87. The van der Waals surface area contributed by atoms with Gasteiger partial charge in [-0.1, -0.05) is 6.92 Å². The van der Waals surface area contributed by atoms with Gasteiger partial charge in [0.1, 0.15) is 0 Å². The van der Waals surface area contributed by atoms with E-state index >= 15 is 0 Å². The molecule has 0 saturated carbocycles. The number of benzene rings is 1. The molecule has 3 N–H and O–H groups in total. The Labute approximate surface area is 138 Å². The maximum Gasteiger partial charge on any atom is 0.303 e. The number of carboxylic acid groups (broad SMARTS) is 1. The van der Waals surface area contributed by atoms with Gasteiger partial charge >= 0.3 is 5.97 Å². The van der Waals surface area contributed by atoms with Crippen molar-refractivity contribution in [2.45, 2.75) is 19.8 Å². The first-order valence-corrected chi connectivity index (χ1v) is 7.30. The summed E-state index contributed by atoms with van der Waals surface area (Å²) in [6, 6.07) is 5.12. The number of nitro benzene ring substituents is 1. The number of carbonyl (C=O) groups is 3. The Kier molecular flexibility index (Phi) is 7.34. The number of nitro groups is 1. The molecule has 1 aromatic carbocycles. The van der Waals surface area contributed by atoms with Crippen LogP contribution in [0.1, 0.15) is 30.1 Å². The standard InChI is InChI=1S/C15H19N3O6/c1-10(8-14(20)21)9-17-13(19)6-7-16-15(22)11-2-4-12(5-3-11)18(23)24/h2-5,10H,6-9H2,1H3,(H,16,22)(H,17,19)(H,20,21). The van der Waals surface area contributed by atoms with Crippen LogP contribution >= 0.6 is 0 Å². The minimum atomic E-state index is -0.924. The van der Waals surface area contributed by atoms with Crippen molar-refractivity contribution in [2.24, 2.45) is 5.92 Å². The van der Waals surface area contributed by atoms with Crippen LogP contribution in [0, 0.1) is 16.0 Å². The minimum absolute atomic E-state index is 0.0306. The van der Waals surface area contributed by atoms with Crippen LogP contribution in [-0.4, -0.2) is 40.9 Å². The topological polar surface area (TPSA) is 139 Å². The van der Waals surface area contributed by atoms with Gasteiger partial charge in [-0.2, -0.15) is 0 Å². The van der Waals surface area contributed by atoms with Gasteiger partial charge in [-0.05, 0) is 18.1 Å². The zero-order valence-corrected chi connectivity index (χ0v) is 13.2. The number of nitrogens with zero attached hydrogens (tertiary/aromatic N) is 1. The average molecular weight is 337 g/mol. The van der Waals surface area contributed by atoms with E-state index in [0.29, 0.717) is 0 Å². The summed E-state index contributed by atoms with van der Waals surface area (Å²) in [4.78, 5) is 43.9. The molecule has 0 fully saturated rings. The van der Waals surface area contributed by atoms with E-state index < -0.39 is 16.8 Å². The number of non-ortho nitro benzene ring substituents is 1. The van der Waals surface area contributed by atoms with Crippen molar-refractivity contribution in [1.29, 1.82) is 0 Å². The number of amides is 2. The van der Waals surface area contributed by atoms with E-state index in [-0.39, 0.29) is 49.0 Å². The van der Waals surface area contributed by atoms with Gasteiger partial charge in [-0.25, -0.2) is 0 Å². The van der Waals surface area contributed by atoms with Crippen molar-refractivity contribution < 1.29 is 24.4 Å². The SMILES string of the molecule is CC(CNC(=O)CCNC(=O)c1ccc([N+](=O)[O-])cc1)CC(=O)O. The molecular formula is C15H19N3O6. The number of carboxylic acids is 1. The van der Waals surface area contributed by atoms with E-state index in [1.807, 2.05) is 0 Å². The summed E-state index contributed by atoms with van der Waals surface area (Å²) in [5.74, 6) is -1.83. The second kappa shape index (κ2) is 9.23. The second-order valence-electron chi connectivity index (χ2n) is 5.32. The number of hydrogen-bond acceptors (Lipinski definition) is 5. The summed E-state index contributed by atoms with van der Waals surface area (Å²) in [6.45, 7) is 2.07. The summed E-state index contributed by atoms with van der Waals surface area (Å²) in [7, 11) is 0. The Bertz CT molecular complexity index is 614. The summed E-state index contributed by atoms with van der Waals surface area (Å²) in [6.07, 6.45) is 0.0235. The zero-order chi connectivity index (χ0) is 18.1. The summed E-state index contributed by atoms with van der Waals surface area (Å²) in [5, 5.41) is 24.3. The predicted molar refractivity (Wildman–Crippen MR) is 84.5 cm³/mol. The first-order valence-electron chi connectivity index (χ1n) is 7.30. The Morgan fingerprint density at radius 3 is 2.38 bits per heavy atom. The van der Waals surface area contributed by atoms with E-state index in [2.05, 4.69) is 10.6 Å². The van der Waals surface area contributed by atoms with Gasteiger partial charge in [0.2, 0.25) is 5.91 Å². The predicted octanol–water partition coefficient (Wildman–Crippen LogP) is 0.942. The van der Waals surface area contributed by atoms with Crippen LogP contribution in [0.5, 0.6) is 0 Å². The highest BCUT2D eigenvalue weighted by Crippen LogP contribution is 2.11. The Balaban J connectivity index is 2.30. The molecule has 0 spiro atoms. The first kappa shape index (κ1) is 19.1. The molecule has 9 nitrogen and oxygen atoms in total. The van der Waals surface area contributed by atoms with Crippen molar-refractivity contribution in [3.8, 4) is 0 Å². The van der Waals surface area contributed by atoms with Crippen molar-refractivity contribution in [3.05, 3.63) is 39.9 Å². The van der Waals surface area contributed by atoms with Gasteiger partial charge in [-0.3, -0.25) is 24.5 Å². The maximum absolute atomic E-state index is 11.8. The third-order valence-electron chi connectivity index (χ3n) is 3.15. The first-order chi connectivity index (χ1) is 11.3. The molecule has 130 valence electrons. The Morgan fingerprint density at radius 1 is 1.21 bits per heavy atom. The summed E-state index contributed by atoms with van der Waals surface area (Å²) < 4.78 is 0. The Hall–Kier alpha value is -2.97. The third-order valence-corrected chi connectivity index (χ3v) is 3.15. The molecule has 24 heavy (non-hydrogen) atoms. The zero-order valence-electron chi connectivity index (χ0n) is 13.2. The highest BCUT2D eigenvalue weighted by atomic mass is 16.6. The molecule has 0 saturated heterocycles. The highest BCUT2D eigenvalue weighted by Gasteiger charge is 2.11. The number of aliphatic carboxylic acids is 1. The molecule has 9 heteroatoms. The number of hydrogen-bond donors (Lipinski definition) is 3. The van der Waals surface area contributed by atoms with Crippen LogP contribution in [0.15, 0.2) is 24.3 Å². The molecule has 1 aromatic rings. The normalized spacial score (nSPS) is 11.4. The minimum Gasteiger partial charge on any atom is -0.481 e. The molecule has 1 rings (SSSR count).